The van der Waals surface area contributed by atoms with E-state index in [1.807, 2.05) is 0 Å². The fourth-order valence-corrected chi connectivity index (χ4v) is 3.21. The van der Waals surface area contributed by atoms with E-state index in [-0.39, 0.29) is 18.5 Å². The zero-order valence-electron chi connectivity index (χ0n) is 14.2. The highest BCUT2D eigenvalue weighted by Gasteiger charge is 2.45. The molecule has 9 heteroatoms. The molecule has 0 aromatic heterocycles. The molecule has 2 aliphatic rings. The van der Waals surface area contributed by atoms with Gasteiger partial charge in [0.1, 0.15) is 11.8 Å². The normalized spacial score (nSPS) is 22.4. The van der Waals surface area contributed by atoms with Crippen LogP contribution in [-0.2, 0) is 22.3 Å². The summed E-state index contributed by atoms with van der Waals surface area (Å²) in [6.45, 7) is 2.47. The number of nitrogens with zero attached hydrogens (tertiary/aromatic N) is 1. The zero-order chi connectivity index (χ0) is 18.9. The summed E-state index contributed by atoms with van der Waals surface area (Å²) in [6, 6.07) is 4.51. The Balaban J connectivity index is 1.52. The first-order chi connectivity index (χ1) is 12.2. The molecule has 0 aliphatic carbocycles. The van der Waals surface area contributed by atoms with Crippen molar-refractivity contribution in [1.82, 2.24) is 15.5 Å². The molecule has 0 bridgehead atoms. The third-order valence-corrected chi connectivity index (χ3v) is 4.68. The van der Waals surface area contributed by atoms with Gasteiger partial charge in [-0.3, -0.25) is 4.79 Å². The summed E-state index contributed by atoms with van der Waals surface area (Å²) in [4.78, 5) is 25.4. The van der Waals surface area contributed by atoms with Gasteiger partial charge in [-0.05, 0) is 24.6 Å². The number of halogens is 3. The van der Waals surface area contributed by atoms with E-state index in [0.29, 0.717) is 31.5 Å². The number of rotatable bonds is 2. The summed E-state index contributed by atoms with van der Waals surface area (Å²) in [6.07, 6.45) is -3.97. The largest absolute Gasteiger partial charge is 0.416 e. The van der Waals surface area contributed by atoms with Crippen LogP contribution in [-0.4, -0.2) is 41.8 Å². The fraction of sp³-hybridized carbons (Fsp3) is 0.529. The van der Waals surface area contributed by atoms with Gasteiger partial charge in [0.05, 0.1) is 5.56 Å². The van der Waals surface area contributed by atoms with Crippen LogP contribution in [0, 0.1) is 0 Å². The molecule has 142 valence electrons. The molecular weight excluding hydrogens is 351 g/mol. The highest BCUT2D eigenvalue weighted by atomic mass is 19.4. The molecule has 1 unspecified atom stereocenters. The molecule has 6 nitrogen and oxygen atoms in total. The Labute approximate surface area is 148 Å². The lowest BCUT2D eigenvalue weighted by molar-refractivity contribution is -0.137. The third-order valence-electron chi connectivity index (χ3n) is 4.68. The van der Waals surface area contributed by atoms with Crippen LogP contribution in [0.4, 0.5) is 18.0 Å². The van der Waals surface area contributed by atoms with Gasteiger partial charge >= 0.3 is 12.2 Å². The number of urea groups is 1. The number of benzene rings is 1. The predicted octanol–water partition coefficient (Wildman–Crippen LogP) is 2.24. The third kappa shape index (κ3) is 3.92. The number of carbonyl (C=O) groups is 2. The van der Waals surface area contributed by atoms with Gasteiger partial charge in [0.15, 0.2) is 0 Å². The van der Waals surface area contributed by atoms with Crippen LogP contribution in [0.15, 0.2) is 24.3 Å². The maximum absolute atomic E-state index is 12.7. The average molecular weight is 371 g/mol. The summed E-state index contributed by atoms with van der Waals surface area (Å²) in [5, 5.41) is 5.47. The number of hydrogen-bond donors (Lipinski definition) is 2. The van der Waals surface area contributed by atoms with Crippen molar-refractivity contribution < 1.29 is 27.5 Å². The van der Waals surface area contributed by atoms with Crippen molar-refractivity contribution >= 4 is 11.9 Å². The van der Waals surface area contributed by atoms with Gasteiger partial charge in [0.25, 0.3) is 5.91 Å². The van der Waals surface area contributed by atoms with E-state index in [9.17, 15) is 22.8 Å². The number of nitrogens with one attached hydrogen (secondary N) is 2. The summed E-state index contributed by atoms with van der Waals surface area (Å²) < 4.78 is 43.8. The maximum atomic E-state index is 12.7. The van der Waals surface area contributed by atoms with Crippen LogP contribution in [0.2, 0.25) is 0 Å². The molecule has 2 saturated heterocycles. The highest BCUT2D eigenvalue weighted by Crippen LogP contribution is 2.30. The molecule has 2 aliphatic heterocycles. The first-order valence-electron chi connectivity index (χ1n) is 8.37. The van der Waals surface area contributed by atoms with E-state index in [1.165, 1.54) is 12.1 Å². The van der Waals surface area contributed by atoms with Crippen LogP contribution in [0.5, 0.6) is 0 Å². The quantitative estimate of drug-likeness (QED) is 0.838. The molecule has 0 radical (unpaired) electrons. The Kier molecular flexibility index (Phi) is 4.83. The van der Waals surface area contributed by atoms with E-state index in [4.69, 9.17) is 4.74 Å². The van der Waals surface area contributed by atoms with Crippen molar-refractivity contribution in [1.29, 1.82) is 0 Å². The Morgan fingerprint density at radius 1 is 1.38 bits per heavy atom. The molecule has 2 N–H and O–H groups in total. The second-order valence-electron chi connectivity index (χ2n) is 6.59. The minimum absolute atomic E-state index is 0.00860. The predicted molar refractivity (Wildman–Crippen MR) is 85.9 cm³/mol. The Morgan fingerprint density at radius 3 is 2.65 bits per heavy atom. The molecule has 26 heavy (non-hydrogen) atoms. The van der Waals surface area contributed by atoms with E-state index >= 15 is 0 Å². The minimum atomic E-state index is -4.41. The standard InChI is InChI=1S/C17H20F3N3O3/c1-11-14(24)22-16(26-11)5-7-23(8-6-16)15(25)21-10-12-3-2-4-13(9-12)17(18,19)20/h2-4,9,11H,5-8,10H2,1H3,(H,21,25)(H,22,24). The van der Waals surface area contributed by atoms with Crippen molar-refractivity contribution in [3.63, 3.8) is 0 Å². The molecule has 2 fully saturated rings. The number of amides is 3. The molecular formula is C17H20F3N3O3. The van der Waals surface area contributed by atoms with Gasteiger partial charge in [-0.1, -0.05) is 12.1 Å². The summed E-state index contributed by atoms with van der Waals surface area (Å²) in [5.74, 6) is -0.160. The molecule has 1 aromatic carbocycles. The first-order valence-corrected chi connectivity index (χ1v) is 8.37. The van der Waals surface area contributed by atoms with Gasteiger partial charge in [-0.25, -0.2) is 4.79 Å². The lowest BCUT2D eigenvalue weighted by Gasteiger charge is -2.38. The summed E-state index contributed by atoms with van der Waals surface area (Å²) >= 11 is 0. The number of piperidine rings is 1. The van der Waals surface area contributed by atoms with Crippen LogP contribution in [0.3, 0.4) is 0 Å². The van der Waals surface area contributed by atoms with E-state index < -0.39 is 23.6 Å². The number of ether oxygens (including phenoxy) is 1. The Bertz CT molecular complexity index is 700. The molecule has 1 aromatic rings. The molecule has 2 heterocycles. The van der Waals surface area contributed by atoms with Gasteiger partial charge in [0, 0.05) is 32.5 Å². The molecule has 3 amide bonds. The summed E-state index contributed by atoms with van der Waals surface area (Å²) in [7, 11) is 0. The molecule has 1 spiro atoms. The lowest BCUT2D eigenvalue weighted by Crippen LogP contribution is -2.54. The van der Waals surface area contributed by atoms with Crippen molar-refractivity contribution in [2.45, 2.75) is 44.3 Å². The average Bonchev–Trinajstić information content (AvgIpc) is 2.86. The number of alkyl halides is 3. The Hall–Kier alpha value is -2.29. The van der Waals surface area contributed by atoms with Crippen molar-refractivity contribution in [3.8, 4) is 0 Å². The topological polar surface area (TPSA) is 70.7 Å². The Morgan fingerprint density at radius 2 is 2.08 bits per heavy atom. The van der Waals surface area contributed by atoms with Gasteiger partial charge in [-0.2, -0.15) is 13.2 Å². The van der Waals surface area contributed by atoms with Crippen molar-refractivity contribution in [3.05, 3.63) is 35.4 Å². The SMILES string of the molecule is CC1OC2(CCN(C(=O)NCc3cccc(C(F)(F)F)c3)CC2)NC1=O. The van der Waals surface area contributed by atoms with Crippen LogP contribution in [0.25, 0.3) is 0 Å². The monoisotopic (exact) mass is 371 g/mol. The molecule has 0 saturated carbocycles. The van der Waals surface area contributed by atoms with Crippen LogP contribution >= 0.6 is 0 Å². The van der Waals surface area contributed by atoms with Gasteiger partial charge < -0.3 is 20.3 Å². The maximum Gasteiger partial charge on any atom is 0.416 e. The molecule has 1 atom stereocenters. The zero-order valence-corrected chi connectivity index (χ0v) is 14.2. The van der Waals surface area contributed by atoms with Gasteiger partial charge in [0.2, 0.25) is 0 Å². The first kappa shape index (κ1) is 18.5. The molecule has 3 rings (SSSR count). The van der Waals surface area contributed by atoms with Crippen LogP contribution < -0.4 is 10.6 Å². The van der Waals surface area contributed by atoms with Crippen molar-refractivity contribution in [2.75, 3.05) is 13.1 Å². The second kappa shape index (κ2) is 6.79. The second-order valence-corrected chi connectivity index (χ2v) is 6.59. The lowest BCUT2D eigenvalue weighted by atomic mass is 10.0. The minimum Gasteiger partial charge on any atom is -0.343 e. The fourth-order valence-electron chi connectivity index (χ4n) is 3.21. The van der Waals surface area contributed by atoms with E-state index in [2.05, 4.69) is 10.6 Å². The summed E-state index contributed by atoms with van der Waals surface area (Å²) in [5.41, 5.74) is -1.08. The van der Waals surface area contributed by atoms with E-state index in [1.54, 1.807) is 11.8 Å². The number of carbonyl (C=O) groups excluding carboxylic acids is 2. The highest BCUT2D eigenvalue weighted by molar-refractivity contribution is 5.83. The van der Waals surface area contributed by atoms with Gasteiger partial charge in [-0.15, -0.1) is 0 Å². The van der Waals surface area contributed by atoms with E-state index in [0.717, 1.165) is 12.1 Å². The van der Waals surface area contributed by atoms with Crippen LogP contribution in [0.1, 0.15) is 30.9 Å². The number of hydrogen-bond acceptors (Lipinski definition) is 3. The smallest absolute Gasteiger partial charge is 0.343 e. The van der Waals surface area contributed by atoms with Crippen molar-refractivity contribution in [2.24, 2.45) is 0 Å². The number of likely N-dealkylation sites (tertiary alicyclic amines) is 1.